The van der Waals surface area contributed by atoms with Crippen molar-refractivity contribution in [1.29, 1.82) is 0 Å². The largest absolute Gasteiger partial charge is 0.469 e. The van der Waals surface area contributed by atoms with E-state index >= 15 is 0 Å². The Kier molecular flexibility index (Phi) is 10.9. The van der Waals surface area contributed by atoms with Crippen LogP contribution in [0.1, 0.15) is 50.0 Å². The molecule has 2 aromatic carbocycles. The van der Waals surface area contributed by atoms with E-state index in [1.807, 2.05) is 12.1 Å². The third-order valence-corrected chi connectivity index (χ3v) is 7.89. The fourth-order valence-electron chi connectivity index (χ4n) is 5.30. The van der Waals surface area contributed by atoms with Gasteiger partial charge in [-0.2, -0.15) is 0 Å². The highest BCUT2D eigenvalue weighted by Crippen LogP contribution is 2.45. The maximum atomic E-state index is 12.3. The van der Waals surface area contributed by atoms with Crippen LogP contribution in [0.3, 0.4) is 0 Å². The topological polar surface area (TPSA) is 158 Å². The van der Waals surface area contributed by atoms with Gasteiger partial charge in [0.25, 0.3) is 0 Å². The van der Waals surface area contributed by atoms with Crippen LogP contribution in [0.4, 0.5) is 0 Å². The molecule has 2 aliphatic heterocycles. The molecular formula is C32H36O12. The average Bonchev–Trinajstić information content (AvgIpc) is 3.06. The Labute approximate surface area is 254 Å². The lowest BCUT2D eigenvalue weighted by atomic mass is 9.75. The van der Waals surface area contributed by atoms with Crippen LogP contribution < -0.4 is 0 Å². The molecule has 0 aromatic heterocycles. The Morgan fingerprint density at radius 1 is 0.591 bits per heavy atom. The van der Waals surface area contributed by atoms with Crippen LogP contribution in [0.5, 0.6) is 0 Å². The summed E-state index contributed by atoms with van der Waals surface area (Å²) in [5, 5.41) is 0. The van der Waals surface area contributed by atoms with E-state index in [2.05, 4.69) is 9.47 Å². The minimum Gasteiger partial charge on any atom is -0.469 e. The standard InChI is InChI=1S/2C16H18O6/c2*1-16(14(18)21-3)9-11(13(17)20-2)12(22-15(16)19)10-7-5-4-6-8-10/h2*4-8,11-12H,9H2,1-3H3/t2*11-,12-,16-/m10/s1. The van der Waals surface area contributed by atoms with E-state index in [0.29, 0.717) is 11.1 Å². The predicted octanol–water partition coefficient (Wildman–Crippen LogP) is 3.29. The van der Waals surface area contributed by atoms with Crippen molar-refractivity contribution in [3.05, 3.63) is 71.8 Å². The highest BCUT2D eigenvalue weighted by atomic mass is 16.6. The number of methoxy groups -OCH3 is 4. The number of benzene rings is 2. The van der Waals surface area contributed by atoms with Crippen molar-refractivity contribution < 1.29 is 57.2 Å². The molecule has 0 aliphatic carbocycles. The maximum Gasteiger partial charge on any atom is 0.323 e. The number of carbonyl (C=O) groups is 6. The Morgan fingerprint density at radius 2 is 0.909 bits per heavy atom. The van der Waals surface area contributed by atoms with E-state index in [1.165, 1.54) is 42.3 Å². The number of hydrogen-bond donors (Lipinski definition) is 0. The van der Waals surface area contributed by atoms with Gasteiger partial charge in [0, 0.05) is 0 Å². The zero-order valence-corrected chi connectivity index (χ0v) is 25.4. The Hall–Kier alpha value is -4.74. The molecule has 2 fully saturated rings. The van der Waals surface area contributed by atoms with Crippen LogP contribution in [0.15, 0.2) is 60.7 Å². The normalized spacial score (nSPS) is 27.7. The lowest BCUT2D eigenvalue weighted by Crippen LogP contribution is -2.48. The molecule has 0 N–H and O–H groups in total. The first-order valence-corrected chi connectivity index (χ1v) is 13.7. The molecule has 2 saturated heterocycles. The highest BCUT2D eigenvalue weighted by molar-refractivity contribution is 6.01. The predicted molar refractivity (Wildman–Crippen MR) is 151 cm³/mol. The van der Waals surface area contributed by atoms with Crippen molar-refractivity contribution in [2.45, 2.75) is 38.9 Å². The first kappa shape index (κ1) is 33.8. The number of ether oxygens (including phenoxy) is 6. The van der Waals surface area contributed by atoms with Crippen LogP contribution in [0, 0.1) is 22.7 Å². The fourth-order valence-corrected chi connectivity index (χ4v) is 5.30. The van der Waals surface area contributed by atoms with Crippen molar-refractivity contribution in [2.75, 3.05) is 28.4 Å². The molecule has 44 heavy (non-hydrogen) atoms. The number of rotatable bonds is 6. The van der Waals surface area contributed by atoms with Gasteiger partial charge in [-0.05, 0) is 37.8 Å². The van der Waals surface area contributed by atoms with Gasteiger partial charge in [-0.3, -0.25) is 28.8 Å². The molecule has 2 heterocycles. The molecule has 6 atom stereocenters. The van der Waals surface area contributed by atoms with Crippen molar-refractivity contribution in [1.82, 2.24) is 0 Å². The first-order valence-electron chi connectivity index (χ1n) is 13.7. The summed E-state index contributed by atoms with van der Waals surface area (Å²) in [5.74, 6) is -5.45. The summed E-state index contributed by atoms with van der Waals surface area (Å²) < 4.78 is 29.8. The van der Waals surface area contributed by atoms with Gasteiger partial charge in [0.15, 0.2) is 10.8 Å². The van der Waals surface area contributed by atoms with Crippen LogP contribution in [-0.2, 0) is 57.2 Å². The Balaban J connectivity index is 0.000000240. The minimum atomic E-state index is -1.51. The zero-order valence-electron chi connectivity index (χ0n) is 25.4. The van der Waals surface area contributed by atoms with Crippen molar-refractivity contribution >= 4 is 35.8 Å². The van der Waals surface area contributed by atoms with Crippen LogP contribution >= 0.6 is 0 Å². The molecule has 12 heteroatoms. The van der Waals surface area contributed by atoms with E-state index in [0.717, 1.165) is 0 Å². The zero-order chi connectivity index (χ0) is 32.7. The Bertz CT molecular complexity index is 1270. The summed E-state index contributed by atoms with van der Waals surface area (Å²) in [6.45, 7) is 2.83. The molecule has 0 spiro atoms. The van der Waals surface area contributed by atoms with Gasteiger partial charge in [-0.1, -0.05) is 60.7 Å². The fraction of sp³-hybridized carbons (Fsp3) is 0.438. The summed E-state index contributed by atoms with van der Waals surface area (Å²) in [6.07, 6.45) is -1.60. The number of hydrogen-bond acceptors (Lipinski definition) is 12. The van der Waals surface area contributed by atoms with Gasteiger partial charge in [0.2, 0.25) is 0 Å². The molecule has 0 bridgehead atoms. The third-order valence-electron chi connectivity index (χ3n) is 7.89. The van der Waals surface area contributed by atoms with E-state index < -0.39 is 70.7 Å². The molecule has 4 rings (SSSR count). The molecule has 0 amide bonds. The monoisotopic (exact) mass is 612 g/mol. The lowest BCUT2D eigenvalue weighted by molar-refractivity contribution is -0.193. The number of carbonyl (C=O) groups excluding carboxylic acids is 6. The number of esters is 6. The van der Waals surface area contributed by atoms with Gasteiger partial charge in [-0.15, -0.1) is 0 Å². The SMILES string of the molecule is COC(=O)[C@@H]1C[C@](C)(C(=O)OC)C(=O)O[C@@H]1c1ccccc1.COC(=O)[C@H]1C[C@@](C)(C(=O)OC)C(=O)O[C@H]1c1ccccc1. The maximum absolute atomic E-state index is 12.3. The Morgan fingerprint density at radius 3 is 1.18 bits per heavy atom. The van der Waals surface area contributed by atoms with Crippen LogP contribution in [-0.4, -0.2) is 64.3 Å². The summed E-state index contributed by atoms with van der Waals surface area (Å²) in [7, 11) is 4.90. The van der Waals surface area contributed by atoms with Crippen LogP contribution in [0.25, 0.3) is 0 Å². The second-order valence-corrected chi connectivity index (χ2v) is 10.8. The molecule has 0 saturated carbocycles. The van der Waals surface area contributed by atoms with Gasteiger partial charge in [0.1, 0.15) is 12.2 Å². The molecule has 236 valence electrons. The third kappa shape index (κ3) is 6.74. The summed E-state index contributed by atoms with van der Waals surface area (Å²) >= 11 is 0. The van der Waals surface area contributed by atoms with Gasteiger partial charge >= 0.3 is 35.8 Å². The van der Waals surface area contributed by atoms with Crippen LogP contribution in [0.2, 0.25) is 0 Å². The van der Waals surface area contributed by atoms with Gasteiger partial charge < -0.3 is 28.4 Å². The highest BCUT2D eigenvalue weighted by Gasteiger charge is 2.56. The van der Waals surface area contributed by atoms with E-state index in [-0.39, 0.29) is 12.8 Å². The van der Waals surface area contributed by atoms with Gasteiger partial charge in [-0.25, -0.2) is 0 Å². The quantitative estimate of drug-likeness (QED) is 0.267. The van der Waals surface area contributed by atoms with E-state index in [1.54, 1.807) is 48.5 Å². The average molecular weight is 613 g/mol. The molecule has 2 aromatic rings. The second kappa shape index (κ2) is 14.2. The van der Waals surface area contributed by atoms with Crippen molar-refractivity contribution in [3.63, 3.8) is 0 Å². The molecule has 12 nitrogen and oxygen atoms in total. The lowest BCUT2D eigenvalue weighted by Gasteiger charge is -2.38. The van der Waals surface area contributed by atoms with Gasteiger partial charge in [0.05, 0.1) is 40.3 Å². The summed E-state index contributed by atoms with van der Waals surface area (Å²) in [5.41, 5.74) is -1.67. The summed E-state index contributed by atoms with van der Waals surface area (Å²) in [6, 6.07) is 17.8. The van der Waals surface area contributed by atoms with Crippen molar-refractivity contribution in [2.24, 2.45) is 22.7 Å². The molecule has 2 aliphatic rings. The van der Waals surface area contributed by atoms with E-state index in [9.17, 15) is 28.8 Å². The molecule has 0 unspecified atom stereocenters. The number of cyclic esters (lactones) is 2. The van der Waals surface area contributed by atoms with Crippen molar-refractivity contribution in [3.8, 4) is 0 Å². The minimum absolute atomic E-state index is 0.0231. The molecular weight excluding hydrogens is 576 g/mol. The second-order valence-electron chi connectivity index (χ2n) is 10.8. The smallest absolute Gasteiger partial charge is 0.323 e. The first-order chi connectivity index (χ1) is 20.9. The van der Waals surface area contributed by atoms with E-state index in [4.69, 9.17) is 18.9 Å². The molecule has 0 radical (unpaired) electrons. The summed E-state index contributed by atoms with van der Waals surface area (Å²) in [4.78, 5) is 72.6.